The van der Waals surface area contributed by atoms with Crippen LogP contribution in [-0.2, 0) is 10.0 Å². The zero-order chi connectivity index (χ0) is 16.9. The molecule has 2 heterocycles. The van der Waals surface area contributed by atoms with E-state index in [1.807, 2.05) is 13.0 Å². The van der Waals surface area contributed by atoms with Gasteiger partial charge >= 0.3 is 0 Å². The Morgan fingerprint density at radius 2 is 2.04 bits per heavy atom. The molecule has 0 fully saturated rings. The largest absolute Gasteiger partial charge is 0.494 e. The second kappa shape index (κ2) is 5.36. The van der Waals surface area contributed by atoms with E-state index < -0.39 is 10.0 Å². The molecule has 0 bridgehead atoms. The van der Waals surface area contributed by atoms with Crippen LogP contribution in [0.4, 0.5) is 5.69 Å². The highest BCUT2D eigenvalue weighted by Crippen LogP contribution is 2.45. The molecule has 0 aliphatic carbocycles. The van der Waals surface area contributed by atoms with Gasteiger partial charge in [-0.3, -0.25) is 9.71 Å². The fraction of sp³-hybridized carbons (Fsp3) is 0.118. The minimum absolute atomic E-state index is 0.199. The SMILES string of the molecule is CCOc1ccc2c(c1)-c1cc(Cl)c3cccnc3c1NS2(=O)=O. The highest BCUT2D eigenvalue weighted by Gasteiger charge is 2.30. The lowest BCUT2D eigenvalue weighted by Gasteiger charge is -2.23. The quantitative estimate of drug-likeness (QED) is 0.748. The molecule has 0 amide bonds. The molecule has 1 aliphatic rings. The molecule has 0 radical (unpaired) electrons. The van der Waals surface area contributed by atoms with E-state index in [0.717, 1.165) is 0 Å². The maximum absolute atomic E-state index is 12.6. The van der Waals surface area contributed by atoms with Gasteiger partial charge in [-0.2, -0.15) is 0 Å². The molecule has 4 rings (SSSR count). The van der Waals surface area contributed by atoms with E-state index in [0.29, 0.717) is 45.1 Å². The van der Waals surface area contributed by atoms with Crippen LogP contribution >= 0.6 is 11.6 Å². The van der Waals surface area contributed by atoms with Gasteiger partial charge in [0.2, 0.25) is 0 Å². The van der Waals surface area contributed by atoms with Crippen LogP contribution in [0.25, 0.3) is 22.0 Å². The molecule has 1 N–H and O–H groups in total. The van der Waals surface area contributed by atoms with Gasteiger partial charge in [-0.25, -0.2) is 8.42 Å². The van der Waals surface area contributed by atoms with Crippen molar-refractivity contribution < 1.29 is 13.2 Å². The van der Waals surface area contributed by atoms with Crippen molar-refractivity contribution in [1.82, 2.24) is 4.98 Å². The van der Waals surface area contributed by atoms with E-state index in [2.05, 4.69) is 9.71 Å². The molecule has 0 unspecified atom stereocenters. The number of nitrogens with one attached hydrogen (secondary N) is 1. The molecule has 5 nitrogen and oxygen atoms in total. The lowest BCUT2D eigenvalue weighted by Crippen LogP contribution is -2.19. The first-order chi connectivity index (χ1) is 11.5. The number of nitrogens with zero attached hydrogens (tertiary/aromatic N) is 1. The van der Waals surface area contributed by atoms with Crippen LogP contribution in [-0.4, -0.2) is 20.0 Å². The Labute approximate surface area is 144 Å². The van der Waals surface area contributed by atoms with E-state index in [1.165, 1.54) is 0 Å². The van der Waals surface area contributed by atoms with Gasteiger partial charge in [-0.05, 0) is 43.3 Å². The van der Waals surface area contributed by atoms with E-state index in [4.69, 9.17) is 16.3 Å². The van der Waals surface area contributed by atoms with Gasteiger partial charge in [0.25, 0.3) is 10.0 Å². The van der Waals surface area contributed by atoms with Crippen molar-refractivity contribution in [2.45, 2.75) is 11.8 Å². The summed E-state index contributed by atoms with van der Waals surface area (Å²) < 4.78 is 33.4. The zero-order valence-corrected chi connectivity index (χ0v) is 14.3. The molecule has 1 aliphatic heterocycles. The number of anilines is 1. The standard InChI is InChI=1S/C17H13ClN2O3S/c1-2-23-10-5-6-15-12(8-10)13-9-14(18)11-4-3-7-19-16(11)17(13)20-24(15,21)22/h3-9,20H,2H2,1H3. The molecule has 0 spiro atoms. The van der Waals surface area contributed by atoms with Gasteiger partial charge in [-0.15, -0.1) is 0 Å². The molecule has 24 heavy (non-hydrogen) atoms. The van der Waals surface area contributed by atoms with Crippen LogP contribution in [0.2, 0.25) is 5.02 Å². The second-order valence-electron chi connectivity index (χ2n) is 5.38. The van der Waals surface area contributed by atoms with E-state index in [-0.39, 0.29) is 4.90 Å². The minimum atomic E-state index is -3.68. The summed E-state index contributed by atoms with van der Waals surface area (Å²) in [5.74, 6) is 0.608. The summed E-state index contributed by atoms with van der Waals surface area (Å²) in [6, 6.07) is 10.2. The summed E-state index contributed by atoms with van der Waals surface area (Å²) in [5, 5.41) is 1.22. The second-order valence-corrected chi connectivity index (χ2v) is 7.44. The normalized spacial score (nSPS) is 14.6. The third-order valence-electron chi connectivity index (χ3n) is 3.92. The Kier molecular flexibility index (Phi) is 3.40. The van der Waals surface area contributed by atoms with Crippen LogP contribution in [0.1, 0.15) is 6.92 Å². The Morgan fingerprint density at radius 1 is 1.21 bits per heavy atom. The number of hydrogen-bond donors (Lipinski definition) is 1. The molecular weight excluding hydrogens is 348 g/mol. The Morgan fingerprint density at radius 3 is 2.83 bits per heavy atom. The molecule has 0 atom stereocenters. The number of hydrogen-bond acceptors (Lipinski definition) is 4. The average Bonchev–Trinajstić information content (AvgIpc) is 2.57. The summed E-state index contributed by atoms with van der Waals surface area (Å²) >= 11 is 6.38. The number of halogens is 1. The van der Waals surface area contributed by atoms with Crippen molar-refractivity contribution in [3.05, 3.63) is 47.6 Å². The van der Waals surface area contributed by atoms with Gasteiger partial charge in [0.1, 0.15) is 5.75 Å². The van der Waals surface area contributed by atoms with Crippen molar-refractivity contribution in [3.63, 3.8) is 0 Å². The summed E-state index contributed by atoms with van der Waals surface area (Å²) in [7, 11) is -3.68. The minimum Gasteiger partial charge on any atom is -0.494 e. The number of sulfonamides is 1. The highest BCUT2D eigenvalue weighted by molar-refractivity contribution is 7.93. The maximum Gasteiger partial charge on any atom is 0.262 e. The lowest BCUT2D eigenvalue weighted by atomic mass is 10.0. The van der Waals surface area contributed by atoms with Crippen molar-refractivity contribution in [2.75, 3.05) is 11.3 Å². The summed E-state index contributed by atoms with van der Waals surface area (Å²) in [6.07, 6.45) is 1.61. The van der Waals surface area contributed by atoms with Crippen LogP contribution in [0.15, 0.2) is 47.5 Å². The third kappa shape index (κ3) is 2.22. The zero-order valence-electron chi connectivity index (χ0n) is 12.7. The summed E-state index contributed by atoms with van der Waals surface area (Å²) in [4.78, 5) is 4.51. The van der Waals surface area contributed by atoms with Crippen LogP contribution in [0.3, 0.4) is 0 Å². The molecule has 3 aromatic rings. The predicted molar refractivity (Wildman–Crippen MR) is 94.2 cm³/mol. The Balaban J connectivity index is 2.10. The van der Waals surface area contributed by atoms with Crippen molar-refractivity contribution in [1.29, 1.82) is 0 Å². The molecule has 122 valence electrons. The van der Waals surface area contributed by atoms with E-state index >= 15 is 0 Å². The van der Waals surface area contributed by atoms with Crippen molar-refractivity contribution in [3.8, 4) is 16.9 Å². The van der Waals surface area contributed by atoms with Crippen LogP contribution in [0.5, 0.6) is 5.75 Å². The molecule has 0 saturated heterocycles. The average molecular weight is 361 g/mol. The Bertz CT molecular complexity index is 1080. The van der Waals surface area contributed by atoms with Crippen molar-refractivity contribution >= 4 is 38.2 Å². The topological polar surface area (TPSA) is 68.3 Å². The number of benzene rings is 2. The first-order valence-electron chi connectivity index (χ1n) is 7.38. The highest BCUT2D eigenvalue weighted by atomic mass is 35.5. The van der Waals surface area contributed by atoms with Crippen LogP contribution in [0, 0.1) is 0 Å². The summed E-state index contributed by atoms with van der Waals surface area (Å²) in [6.45, 7) is 2.37. The smallest absolute Gasteiger partial charge is 0.262 e. The third-order valence-corrected chi connectivity index (χ3v) is 5.64. The fourth-order valence-electron chi connectivity index (χ4n) is 2.92. The predicted octanol–water partition coefficient (Wildman–Crippen LogP) is 4.07. The number of rotatable bonds is 2. The number of ether oxygens (including phenoxy) is 1. The first kappa shape index (κ1) is 15.2. The number of aromatic nitrogens is 1. The monoisotopic (exact) mass is 360 g/mol. The fourth-order valence-corrected chi connectivity index (χ4v) is 4.47. The van der Waals surface area contributed by atoms with Crippen LogP contribution < -0.4 is 9.46 Å². The maximum atomic E-state index is 12.6. The summed E-state index contributed by atoms with van der Waals surface area (Å²) in [5.41, 5.74) is 2.22. The number of pyridine rings is 1. The number of fused-ring (bicyclic) bond motifs is 5. The molecular formula is C17H13ClN2O3S. The van der Waals surface area contributed by atoms with Gasteiger partial charge in [-0.1, -0.05) is 11.6 Å². The molecule has 2 aromatic carbocycles. The first-order valence-corrected chi connectivity index (χ1v) is 9.24. The van der Waals surface area contributed by atoms with Gasteiger partial charge in [0.05, 0.1) is 27.7 Å². The molecule has 7 heteroatoms. The lowest BCUT2D eigenvalue weighted by molar-refractivity contribution is 0.340. The van der Waals surface area contributed by atoms with E-state index in [1.54, 1.807) is 36.5 Å². The van der Waals surface area contributed by atoms with Crippen molar-refractivity contribution in [2.24, 2.45) is 0 Å². The Hall–Kier alpha value is -2.31. The molecule has 1 aromatic heterocycles. The molecule has 0 saturated carbocycles. The van der Waals surface area contributed by atoms with Gasteiger partial charge in [0, 0.05) is 22.7 Å². The van der Waals surface area contributed by atoms with E-state index in [9.17, 15) is 8.42 Å². The van der Waals surface area contributed by atoms with Gasteiger partial charge in [0.15, 0.2) is 0 Å². The van der Waals surface area contributed by atoms with Gasteiger partial charge < -0.3 is 4.74 Å².